The fourth-order valence-electron chi connectivity index (χ4n) is 10.5. The molecule has 522 valence electrons. The van der Waals surface area contributed by atoms with Gasteiger partial charge in [0.1, 0.15) is 19.3 Å². The van der Waals surface area contributed by atoms with Crippen LogP contribution >= 0.6 is 15.6 Å². The normalized spacial score (nSPS) is 14.1. The number of carbonyl (C=O) groups excluding carboxylic acids is 4. The second-order valence-corrected chi connectivity index (χ2v) is 28.3. The summed E-state index contributed by atoms with van der Waals surface area (Å²) in [6, 6.07) is 0. The van der Waals surface area contributed by atoms with Crippen molar-refractivity contribution in [2.45, 2.75) is 374 Å². The summed E-state index contributed by atoms with van der Waals surface area (Å²) in [6.07, 6.45) is 48.8. The molecule has 0 fully saturated rings. The lowest BCUT2D eigenvalue weighted by molar-refractivity contribution is -0.161. The second kappa shape index (κ2) is 62.5. The van der Waals surface area contributed by atoms with E-state index >= 15 is 0 Å². The zero-order valence-corrected chi connectivity index (χ0v) is 58.6. The van der Waals surface area contributed by atoms with Gasteiger partial charge in [-0.15, -0.1) is 0 Å². The summed E-state index contributed by atoms with van der Waals surface area (Å²) in [6.45, 7) is 7.21. The summed E-state index contributed by atoms with van der Waals surface area (Å²) in [5, 5.41) is 10.5. The summed E-state index contributed by atoms with van der Waals surface area (Å²) < 4.78 is 68.0. The number of hydrogen-bond acceptors (Lipinski definition) is 15. The molecule has 0 amide bonds. The van der Waals surface area contributed by atoms with Crippen LogP contribution in [0.5, 0.6) is 0 Å². The third-order valence-electron chi connectivity index (χ3n) is 16.0. The standard InChI is InChI=1S/C69H134O17P2/c1-6-9-12-15-18-20-33-38-43-48-53-67(72)80-59-65(86-69(74)55-50-45-40-35-31-29-27-25-23-22-24-26-28-30-32-37-41-46-51-62(4)5)61-84-88(77,78)82-57-63(70)56-81-87(75,76)83-60-64(58-79-66(71)52-47-42-36-17-14-11-8-3)85-68(73)54-49-44-39-34-21-19-16-13-10-7-2/h62-65,70H,6-61H2,1-5H3,(H,75,76)(H,77,78)/t63-,64+,65+/m0/s1. The van der Waals surface area contributed by atoms with Crippen molar-refractivity contribution >= 4 is 39.5 Å². The topological polar surface area (TPSA) is 237 Å². The van der Waals surface area contributed by atoms with Crippen molar-refractivity contribution in [3.05, 3.63) is 0 Å². The Hall–Kier alpha value is -1.94. The van der Waals surface area contributed by atoms with Crippen molar-refractivity contribution in [3.63, 3.8) is 0 Å². The van der Waals surface area contributed by atoms with E-state index in [0.29, 0.717) is 25.7 Å². The molecule has 0 aromatic rings. The van der Waals surface area contributed by atoms with Gasteiger partial charge in [0, 0.05) is 25.7 Å². The van der Waals surface area contributed by atoms with Crippen molar-refractivity contribution in [1.82, 2.24) is 0 Å². The van der Waals surface area contributed by atoms with Crippen LogP contribution in [0.2, 0.25) is 0 Å². The Bertz CT molecular complexity index is 1700. The van der Waals surface area contributed by atoms with Crippen molar-refractivity contribution in [2.75, 3.05) is 39.6 Å². The van der Waals surface area contributed by atoms with Crippen molar-refractivity contribution in [2.24, 2.45) is 5.92 Å². The van der Waals surface area contributed by atoms with E-state index in [1.54, 1.807) is 0 Å². The van der Waals surface area contributed by atoms with Crippen LogP contribution in [0.1, 0.15) is 356 Å². The maximum Gasteiger partial charge on any atom is 0.472 e. The Balaban J connectivity index is 5.11. The number of hydrogen-bond donors (Lipinski definition) is 3. The molecule has 0 rings (SSSR count). The van der Waals surface area contributed by atoms with Crippen LogP contribution in [-0.4, -0.2) is 96.7 Å². The molecule has 0 bridgehead atoms. The zero-order valence-electron chi connectivity index (χ0n) is 56.9. The van der Waals surface area contributed by atoms with E-state index in [0.717, 1.165) is 109 Å². The smallest absolute Gasteiger partial charge is 0.462 e. The molecule has 0 aliphatic carbocycles. The van der Waals surface area contributed by atoms with Crippen molar-refractivity contribution in [1.29, 1.82) is 0 Å². The highest BCUT2D eigenvalue weighted by atomic mass is 31.2. The van der Waals surface area contributed by atoms with Gasteiger partial charge in [0.2, 0.25) is 0 Å². The highest BCUT2D eigenvalue weighted by Crippen LogP contribution is 2.45. The highest BCUT2D eigenvalue weighted by Gasteiger charge is 2.30. The average molecular weight is 1300 g/mol. The monoisotopic (exact) mass is 1300 g/mol. The number of carbonyl (C=O) groups is 4. The van der Waals surface area contributed by atoms with Gasteiger partial charge in [-0.3, -0.25) is 37.3 Å². The van der Waals surface area contributed by atoms with E-state index in [1.807, 2.05) is 0 Å². The van der Waals surface area contributed by atoms with Gasteiger partial charge in [0.15, 0.2) is 12.2 Å². The van der Waals surface area contributed by atoms with Crippen LogP contribution in [0.3, 0.4) is 0 Å². The molecule has 0 saturated carbocycles. The van der Waals surface area contributed by atoms with E-state index in [9.17, 15) is 43.2 Å². The van der Waals surface area contributed by atoms with E-state index in [4.69, 9.17) is 37.0 Å². The molecule has 0 aliphatic heterocycles. The Labute approximate surface area is 537 Å². The van der Waals surface area contributed by atoms with Crippen LogP contribution in [0.4, 0.5) is 0 Å². The molecule has 88 heavy (non-hydrogen) atoms. The second-order valence-electron chi connectivity index (χ2n) is 25.4. The summed E-state index contributed by atoms with van der Waals surface area (Å²) >= 11 is 0. The first-order chi connectivity index (χ1) is 42.5. The van der Waals surface area contributed by atoms with E-state index in [1.165, 1.54) is 167 Å². The Kier molecular flexibility index (Phi) is 61.1. The Morgan fingerprint density at radius 2 is 0.523 bits per heavy atom. The lowest BCUT2D eigenvalue weighted by atomic mass is 10.0. The number of ether oxygens (including phenoxy) is 4. The van der Waals surface area contributed by atoms with Gasteiger partial charge in [0.25, 0.3) is 0 Å². The van der Waals surface area contributed by atoms with Crippen LogP contribution < -0.4 is 0 Å². The molecular formula is C69H134O17P2. The third-order valence-corrected chi connectivity index (χ3v) is 17.9. The number of unbranched alkanes of at least 4 members (excludes halogenated alkanes) is 41. The van der Waals surface area contributed by atoms with E-state index in [2.05, 4.69) is 34.6 Å². The average Bonchev–Trinajstić information content (AvgIpc) is 3.71. The number of phosphoric acid groups is 2. The van der Waals surface area contributed by atoms with Gasteiger partial charge in [-0.1, -0.05) is 304 Å². The lowest BCUT2D eigenvalue weighted by Gasteiger charge is -2.21. The first-order valence-electron chi connectivity index (χ1n) is 36.1. The number of phosphoric ester groups is 2. The summed E-state index contributed by atoms with van der Waals surface area (Å²) in [4.78, 5) is 72.2. The van der Waals surface area contributed by atoms with Crippen molar-refractivity contribution in [3.8, 4) is 0 Å². The van der Waals surface area contributed by atoms with Gasteiger partial charge in [-0.2, -0.15) is 0 Å². The minimum absolute atomic E-state index is 0.106. The number of aliphatic hydroxyl groups is 1. The molecule has 3 N–H and O–H groups in total. The number of aliphatic hydroxyl groups excluding tert-OH is 1. The molecule has 17 nitrogen and oxygen atoms in total. The maximum absolute atomic E-state index is 13.0. The molecule has 0 aromatic carbocycles. The summed E-state index contributed by atoms with van der Waals surface area (Å²) in [5.74, 6) is -1.31. The quantitative estimate of drug-likeness (QED) is 0.0222. The van der Waals surface area contributed by atoms with Gasteiger partial charge in [-0.25, -0.2) is 9.13 Å². The predicted octanol–water partition coefficient (Wildman–Crippen LogP) is 19.7. The molecule has 5 atom stereocenters. The van der Waals surface area contributed by atoms with Crippen molar-refractivity contribution < 1.29 is 80.2 Å². The fraction of sp³-hybridized carbons (Fsp3) is 0.942. The highest BCUT2D eigenvalue weighted by molar-refractivity contribution is 7.47. The molecule has 0 aromatic heterocycles. The zero-order chi connectivity index (χ0) is 64.9. The molecule has 0 saturated heterocycles. The predicted molar refractivity (Wildman–Crippen MR) is 354 cm³/mol. The number of esters is 4. The molecule has 0 spiro atoms. The van der Waals surface area contributed by atoms with Gasteiger partial charge >= 0.3 is 39.5 Å². The molecule has 0 radical (unpaired) electrons. The van der Waals surface area contributed by atoms with E-state index in [-0.39, 0.29) is 25.7 Å². The Morgan fingerprint density at radius 1 is 0.307 bits per heavy atom. The van der Waals surface area contributed by atoms with Gasteiger partial charge < -0.3 is 33.8 Å². The molecule has 19 heteroatoms. The van der Waals surface area contributed by atoms with Crippen LogP contribution in [0.25, 0.3) is 0 Å². The summed E-state index contributed by atoms with van der Waals surface area (Å²) in [7, 11) is -9.89. The Morgan fingerprint density at radius 3 is 0.773 bits per heavy atom. The largest absolute Gasteiger partial charge is 0.472 e. The summed E-state index contributed by atoms with van der Waals surface area (Å²) in [5.41, 5.74) is 0. The fourth-order valence-corrected chi connectivity index (χ4v) is 12.0. The first kappa shape index (κ1) is 86.1. The minimum Gasteiger partial charge on any atom is -0.462 e. The minimum atomic E-state index is -4.95. The third kappa shape index (κ3) is 62.8. The lowest BCUT2D eigenvalue weighted by Crippen LogP contribution is -2.30. The molecule has 0 heterocycles. The van der Waals surface area contributed by atoms with Gasteiger partial charge in [0.05, 0.1) is 26.4 Å². The van der Waals surface area contributed by atoms with Crippen LogP contribution in [-0.2, 0) is 65.4 Å². The van der Waals surface area contributed by atoms with E-state index < -0.39 is 97.5 Å². The molecular weight excluding hydrogens is 1160 g/mol. The van der Waals surface area contributed by atoms with Crippen LogP contribution in [0.15, 0.2) is 0 Å². The van der Waals surface area contributed by atoms with Gasteiger partial charge in [-0.05, 0) is 31.6 Å². The molecule has 0 aliphatic rings. The maximum atomic E-state index is 13.0. The SMILES string of the molecule is CCCCCCCCCCCCC(=O)OC[C@H](COP(=O)(O)OC[C@@H](O)COP(=O)(O)OC[C@@H](COC(=O)CCCCCCCCC)OC(=O)CCCCCCCCCCCC)OC(=O)CCCCCCCCCCCCCCCCCCCCC(C)C. The molecule has 2 unspecified atom stereocenters. The van der Waals surface area contributed by atoms with Crippen LogP contribution in [0, 0.1) is 5.92 Å². The first-order valence-corrected chi connectivity index (χ1v) is 39.1. The number of rotatable bonds is 69.